The molecule has 194 valence electrons. The van der Waals surface area contributed by atoms with E-state index in [4.69, 9.17) is 0 Å². The molecule has 0 saturated heterocycles. The lowest BCUT2D eigenvalue weighted by Gasteiger charge is -2.32. The van der Waals surface area contributed by atoms with E-state index in [1.54, 1.807) is 6.07 Å². The van der Waals surface area contributed by atoms with Crippen molar-refractivity contribution in [2.75, 3.05) is 0 Å². The Morgan fingerprint density at radius 3 is 2.46 bits per heavy atom. The molecule has 2 aliphatic carbocycles. The molecule has 3 N–H and O–H groups in total. The van der Waals surface area contributed by atoms with E-state index in [9.17, 15) is 23.4 Å². The van der Waals surface area contributed by atoms with Gasteiger partial charge >= 0.3 is 0 Å². The van der Waals surface area contributed by atoms with E-state index in [0.717, 1.165) is 62.5 Å². The fraction of sp³-hybridized carbons (Fsp3) is 0.607. The summed E-state index contributed by atoms with van der Waals surface area (Å²) in [5.41, 5.74) is 2.79. The van der Waals surface area contributed by atoms with Crippen LogP contribution in [-0.2, 0) is 16.4 Å². The third-order valence-corrected chi connectivity index (χ3v) is 9.44. The van der Waals surface area contributed by atoms with Gasteiger partial charge in [0.15, 0.2) is 0 Å². The zero-order valence-corrected chi connectivity index (χ0v) is 22.2. The van der Waals surface area contributed by atoms with Gasteiger partial charge in [-0.15, -0.1) is 0 Å². The van der Waals surface area contributed by atoms with Gasteiger partial charge in [-0.1, -0.05) is 62.8 Å². The molecule has 2 aliphatic rings. The third kappa shape index (κ3) is 6.29. The fourth-order valence-electron chi connectivity index (χ4n) is 5.61. The van der Waals surface area contributed by atoms with Gasteiger partial charge in [-0.05, 0) is 69.9 Å². The van der Waals surface area contributed by atoms with Crippen molar-refractivity contribution in [3.63, 3.8) is 0 Å². The number of hydrogen-bond donors (Lipinski definition) is 3. The van der Waals surface area contributed by atoms with E-state index in [-0.39, 0.29) is 34.5 Å². The van der Waals surface area contributed by atoms with Crippen LogP contribution in [0, 0.1) is 5.92 Å². The monoisotopic (exact) mass is 503 g/mol. The second-order valence-corrected chi connectivity index (χ2v) is 12.4. The number of phenolic OH excluding ortho intramolecular Hbond substituents is 2. The summed E-state index contributed by atoms with van der Waals surface area (Å²) in [6.45, 7) is 10.1. The number of allylic oxidation sites excluding steroid dienone is 3. The number of hydrogen-bond acceptors (Lipinski definition) is 5. The summed E-state index contributed by atoms with van der Waals surface area (Å²) >= 11 is 0. The maximum absolute atomic E-state index is 13.4. The molecule has 35 heavy (non-hydrogen) atoms. The number of rotatable bonds is 9. The van der Waals surface area contributed by atoms with Crippen LogP contribution < -0.4 is 4.72 Å². The quantitative estimate of drug-likeness (QED) is 0.273. The Hall–Kier alpha value is -2.28. The molecule has 1 aromatic rings. The Morgan fingerprint density at radius 2 is 1.83 bits per heavy atom. The van der Waals surface area contributed by atoms with E-state index >= 15 is 0 Å². The van der Waals surface area contributed by atoms with Crippen molar-refractivity contribution in [1.82, 2.24) is 4.72 Å². The fourth-order valence-corrected chi connectivity index (χ4v) is 7.09. The highest BCUT2D eigenvalue weighted by molar-refractivity contribution is 7.90. The zero-order chi connectivity index (χ0) is 25.8. The van der Waals surface area contributed by atoms with Crippen molar-refractivity contribution in [2.24, 2.45) is 5.92 Å². The Balaban J connectivity index is 2.07. The van der Waals surface area contributed by atoms with Crippen molar-refractivity contribution in [1.29, 1.82) is 0 Å². The highest BCUT2D eigenvalue weighted by Gasteiger charge is 2.35. The zero-order valence-electron chi connectivity index (χ0n) is 21.4. The normalized spacial score (nSPS) is 21.4. The number of aromatic hydroxyl groups is 2. The number of benzene rings is 1. The lowest BCUT2D eigenvalue weighted by atomic mass is 9.73. The molecule has 0 spiro atoms. The van der Waals surface area contributed by atoms with E-state index in [1.807, 2.05) is 19.9 Å². The molecule has 2 unspecified atom stereocenters. The molecule has 1 amide bonds. The standard InChI is InChI=1S/C28H41NO5S/c1-5-6-8-11-20-17-24(30)26(23-16-19(4)14-15-22(23)18(2)3)27(31)25(20)28(32)29-35(33,34)21-12-9-7-10-13-21/h16-17,21-23,30-31H,2,5-15H2,1,3-4H3,(H,29,32). The Morgan fingerprint density at radius 1 is 1.14 bits per heavy atom. The summed E-state index contributed by atoms with van der Waals surface area (Å²) in [6, 6.07) is 1.54. The topological polar surface area (TPSA) is 104 Å². The van der Waals surface area contributed by atoms with Crippen LogP contribution in [0.4, 0.5) is 0 Å². The van der Waals surface area contributed by atoms with Gasteiger partial charge in [0.05, 0.1) is 10.8 Å². The molecule has 0 bridgehead atoms. The number of amides is 1. The van der Waals surface area contributed by atoms with Crippen molar-refractivity contribution >= 4 is 15.9 Å². The lowest BCUT2D eigenvalue weighted by Crippen LogP contribution is -2.39. The molecule has 0 heterocycles. The first-order valence-corrected chi connectivity index (χ1v) is 14.6. The van der Waals surface area contributed by atoms with Crippen molar-refractivity contribution < 1.29 is 23.4 Å². The van der Waals surface area contributed by atoms with Crippen molar-refractivity contribution in [3.05, 3.63) is 46.6 Å². The molecule has 1 aromatic carbocycles. The third-order valence-electron chi connectivity index (χ3n) is 7.62. The van der Waals surface area contributed by atoms with Gasteiger partial charge in [0.25, 0.3) is 5.91 Å². The van der Waals surface area contributed by atoms with E-state index in [1.165, 1.54) is 0 Å². The molecule has 0 radical (unpaired) electrons. The number of nitrogens with one attached hydrogen (secondary N) is 1. The van der Waals surface area contributed by atoms with Gasteiger partial charge in [-0.3, -0.25) is 4.79 Å². The molecule has 2 atom stereocenters. The Bertz CT molecular complexity index is 1080. The molecule has 3 rings (SSSR count). The number of phenols is 2. The summed E-state index contributed by atoms with van der Waals surface area (Å²) < 4.78 is 28.3. The van der Waals surface area contributed by atoms with Crippen LogP contribution in [0.5, 0.6) is 11.5 Å². The first-order chi connectivity index (χ1) is 16.6. The number of carbonyl (C=O) groups is 1. The van der Waals surface area contributed by atoms with Crippen LogP contribution >= 0.6 is 0 Å². The lowest BCUT2D eigenvalue weighted by molar-refractivity contribution is 0.0977. The summed E-state index contributed by atoms with van der Waals surface area (Å²) in [5, 5.41) is 21.9. The van der Waals surface area contributed by atoms with E-state index in [2.05, 4.69) is 18.2 Å². The molecule has 0 aromatic heterocycles. The van der Waals surface area contributed by atoms with E-state index in [0.29, 0.717) is 24.8 Å². The average molecular weight is 504 g/mol. The summed E-state index contributed by atoms with van der Waals surface area (Å²) in [7, 11) is -3.87. The highest BCUT2D eigenvalue weighted by atomic mass is 32.2. The van der Waals surface area contributed by atoms with Gasteiger partial charge in [-0.25, -0.2) is 13.1 Å². The van der Waals surface area contributed by atoms with Crippen LogP contribution in [0.15, 0.2) is 29.9 Å². The summed E-state index contributed by atoms with van der Waals surface area (Å²) in [6.07, 6.45) is 10.6. The molecule has 6 nitrogen and oxygen atoms in total. The second kappa shape index (κ2) is 11.6. The molecular formula is C28H41NO5S. The molecule has 7 heteroatoms. The van der Waals surface area contributed by atoms with Gasteiger partial charge in [0.2, 0.25) is 10.0 Å². The molecule has 1 fully saturated rings. The summed E-state index contributed by atoms with van der Waals surface area (Å²) in [5.74, 6) is -1.54. The number of aryl methyl sites for hydroxylation is 1. The Labute approximate surface area is 210 Å². The molecular weight excluding hydrogens is 462 g/mol. The number of unbranched alkanes of at least 4 members (excludes halogenated alkanes) is 2. The van der Waals surface area contributed by atoms with Gasteiger partial charge in [0.1, 0.15) is 11.5 Å². The van der Waals surface area contributed by atoms with Crippen LogP contribution in [0.2, 0.25) is 0 Å². The number of sulfonamides is 1. The molecule has 0 aliphatic heterocycles. The van der Waals surface area contributed by atoms with Crippen LogP contribution in [-0.4, -0.2) is 29.8 Å². The van der Waals surface area contributed by atoms with Gasteiger partial charge in [0, 0.05) is 11.5 Å². The minimum atomic E-state index is -3.87. The largest absolute Gasteiger partial charge is 0.507 e. The minimum absolute atomic E-state index is 0.00308. The predicted octanol–water partition coefficient (Wildman–Crippen LogP) is 6.24. The van der Waals surface area contributed by atoms with Crippen LogP contribution in [0.1, 0.15) is 112 Å². The smallest absolute Gasteiger partial charge is 0.268 e. The average Bonchev–Trinajstić information content (AvgIpc) is 2.79. The van der Waals surface area contributed by atoms with Crippen LogP contribution in [0.25, 0.3) is 0 Å². The van der Waals surface area contributed by atoms with Crippen molar-refractivity contribution in [3.8, 4) is 11.5 Å². The summed E-state index contributed by atoms with van der Waals surface area (Å²) in [4.78, 5) is 13.4. The maximum Gasteiger partial charge on any atom is 0.268 e. The molecule has 1 saturated carbocycles. The van der Waals surface area contributed by atoms with Crippen LogP contribution in [0.3, 0.4) is 0 Å². The Kier molecular flexibility index (Phi) is 9.08. The van der Waals surface area contributed by atoms with E-state index < -0.39 is 21.2 Å². The van der Waals surface area contributed by atoms with Crippen molar-refractivity contribution in [2.45, 2.75) is 103 Å². The number of carbonyl (C=O) groups excluding carboxylic acids is 1. The first-order valence-electron chi connectivity index (χ1n) is 13.0. The second-order valence-electron chi connectivity index (χ2n) is 10.4. The SMILES string of the molecule is C=C(C)C1CCC(C)=CC1c1c(O)cc(CCCCC)c(C(=O)NS(=O)(=O)C2CCCCC2)c1O. The highest BCUT2D eigenvalue weighted by Crippen LogP contribution is 2.48. The first kappa shape index (κ1) is 27.3. The maximum atomic E-state index is 13.4. The minimum Gasteiger partial charge on any atom is -0.507 e. The van der Waals surface area contributed by atoms with Gasteiger partial charge < -0.3 is 10.2 Å². The van der Waals surface area contributed by atoms with Gasteiger partial charge in [-0.2, -0.15) is 0 Å². The predicted molar refractivity (Wildman–Crippen MR) is 140 cm³/mol.